The van der Waals surface area contributed by atoms with Gasteiger partial charge in [0.1, 0.15) is 12.1 Å². The van der Waals surface area contributed by atoms with E-state index >= 15 is 0 Å². The van der Waals surface area contributed by atoms with Crippen LogP contribution in [0.4, 0.5) is 0 Å². The molecule has 154 valence electrons. The van der Waals surface area contributed by atoms with E-state index in [1.54, 1.807) is 12.5 Å². The van der Waals surface area contributed by atoms with Gasteiger partial charge < -0.3 is 10.6 Å². The molecule has 0 spiro atoms. The van der Waals surface area contributed by atoms with E-state index in [9.17, 15) is 0 Å². The molecule has 2 heterocycles. The Hall–Kier alpha value is -2.41. The Morgan fingerprint density at radius 3 is 2.54 bits per heavy atom. The van der Waals surface area contributed by atoms with Gasteiger partial charge in [0.15, 0.2) is 5.96 Å². The average molecular weight is 386 g/mol. The number of aliphatic imine (C=N–C) groups is 1. The monoisotopic (exact) mass is 385 g/mol. The largest absolute Gasteiger partial charge is 0.357 e. The molecule has 0 fully saturated rings. The fourth-order valence-electron chi connectivity index (χ4n) is 3.15. The van der Waals surface area contributed by atoms with Gasteiger partial charge in [-0.1, -0.05) is 6.07 Å². The Morgan fingerprint density at radius 2 is 1.96 bits per heavy atom. The summed E-state index contributed by atoms with van der Waals surface area (Å²) in [5.74, 6) is 1.71. The highest BCUT2D eigenvalue weighted by Crippen LogP contribution is 2.07. The molecule has 0 radical (unpaired) electrons. The Morgan fingerprint density at radius 1 is 1.18 bits per heavy atom. The maximum atomic E-state index is 4.68. The minimum Gasteiger partial charge on any atom is -0.357 e. The number of pyridine rings is 1. The first-order valence-electron chi connectivity index (χ1n) is 10.2. The SMILES string of the molecule is CCNC(=NCc1ccc(-n2ccnc2)nc1)NCCCN(C(C)C)C(C)C. The van der Waals surface area contributed by atoms with E-state index in [-0.39, 0.29) is 0 Å². The van der Waals surface area contributed by atoms with Gasteiger partial charge in [-0.3, -0.25) is 9.47 Å². The predicted molar refractivity (Wildman–Crippen MR) is 116 cm³/mol. The molecule has 2 rings (SSSR count). The average Bonchev–Trinajstić information content (AvgIpc) is 3.20. The van der Waals surface area contributed by atoms with Gasteiger partial charge in [0.05, 0.1) is 6.54 Å². The smallest absolute Gasteiger partial charge is 0.191 e. The molecule has 0 atom stereocenters. The molecule has 0 aliphatic rings. The molecule has 0 unspecified atom stereocenters. The van der Waals surface area contributed by atoms with E-state index in [2.05, 4.69) is 71.2 Å². The van der Waals surface area contributed by atoms with Crippen LogP contribution >= 0.6 is 0 Å². The van der Waals surface area contributed by atoms with Crippen molar-refractivity contribution >= 4 is 5.96 Å². The van der Waals surface area contributed by atoms with Crippen molar-refractivity contribution in [2.45, 2.75) is 59.7 Å². The van der Waals surface area contributed by atoms with Crippen LogP contribution in [0.15, 0.2) is 42.0 Å². The van der Waals surface area contributed by atoms with Crippen LogP contribution in [-0.4, -0.2) is 57.1 Å². The zero-order valence-corrected chi connectivity index (χ0v) is 17.9. The summed E-state index contributed by atoms with van der Waals surface area (Å²) in [5.41, 5.74) is 1.08. The molecule has 0 amide bonds. The summed E-state index contributed by atoms with van der Waals surface area (Å²) in [4.78, 5) is 15.7. The molecule has 2 aromatic heterocycles. The molecular formula is C21H35N7. The molecule has 0 saturated carbocycles. The third-order valence-electron chi connectivity index (χ3n) is 4.55. The summed E-state index contributed by atoms with van der Waals surface area (Å²) in [6.07, 6.45) is 8.32. The molecule has 28 heavy (non-hydrogen) atoms. The summed E-state index contributed by atoms with van der Waals surface area (Å²) in [6.45, 7) is 14.5. The van der Waals surface area contributed by atoms with E-state index in [1.165, 1.54) is 0 Å². The van der Waals surface area contributed by atoms with E-state index in [0.717, 1.165) is 43.4 Å². The lowest BCUT2D eigenvalue weighted by Crippen LogP contribution is -2.41. The molecule has 0 saturated heterocycles. The number of hydrogen-bond acceptors (Lipinski definition) is 4. The Labute approximate surface area is 169 Å². The Balaban J connectivity index is 1.84. The highest BCUT2D eigenvalue weighted by molar-refractivity contribution is 5.79. The number of imidazole rings is 1. The van der Waals surface area contributed by atoms with Gasteiger partial charge in [-0.25, -0.2) is 15.0 Å². The number of nitrogens with zero attached hydrogens (tertiary/aromatic N) is 5. The van der Waals surface area contributed by atoms with E-state index < -0.39 is 0 Å². The van der Waals surface area contributed by atoms with E-state index in [0.29, 0.717) is 18.6 Å². The Bertz CT molecular complexity index is 682. The van der Waals surface area contributed by atoms with Crippen LogP contribution < -0.4 is 10.6 Å². The zero-order chi connectivity index (χ0) is 20.4. The second-order valence-corrected chi connectivity index (χ2v) is 7.40. The van der Waals surface area contributed by atoms with Crippen LogP contribution in [0.25, 0.3) is 5.82 Å². The molecule has 0 aliphatic heterocycles. The summed E-state index contributed by atoms with van der Waals surface area (Å²) in [6, 6.07) is 5.18. The van der Waals surface area contributed by atoms with Crippen LogP contribution in [0.2, 0.25) is 0 Å². The summed E-state index contributed by atoms with van der Waals surface area (Å²) >= 11 is 0. The van der Waals surface area contributed by atoms with Crippen LogP contribution in [0, 0.1) is 0 Å². The summed E-state index contributed by atoms with van der Waals surface area (Å²) < 4.78 is 1.89. The maximum Gasteiger partial charge on any atom is 0.191 e. The second kappa shape index (κ2) is 11.4. The van der Waals surface area contributed by atoms with Crippen LogP contribution in [0.3, 0.4) is 0 Å². The van der Waals surface area contributed by atoms with Crippen molar-refractivity contribution in [1.29, 1.82) is 0 Å². The number of nitrogens with one attached hydrogen (secondary N) is 2. The topological polar surface area (TPSA) is 70.4 Å². The molecule has 0 bridgehead atoms. The van der Waals surface area contributed by atoms with Crippen molar-refractivity contribution in [3.05, 3.63) is 42.6 Å². The van der Waals surface area contributed by atoms with Gasteiger partial charge in [0.2, 0.25) is 0 Å². The molecular weight excluding hydrogens is 350 g/mol. The second-order valence-electron chi connectivity index (χ2n) is 7.40. The molecule has 0 aromatic carbocycles. The summed E-state index contributed by atoms with van der Waals surface area (Å²) in [5, 5.41) is 6.75. The van der Waals surface area contributed by atoms with Gasteiger partial charge in [-0.15, -0.1) is 0 Å². The highest BCUT2D eigenvalue weighted by Gasteiger charge is 2.12. The quantitative estimate of drug-likeness (QED) is 0.374. The molecule has 7 heteroatoms. The number of rotatable bonds is 10. The molecule has 2 N–H and O–H groups in total. The van der Waals surface area contributed by atoms with Crippen LogP contribution in [-0.2, 0) is 6.54 Å². The normalized spacial score (nSPS) is 12.2. The predicted octanol–water partition coefficient (Wildman–Crippen LogP) is 2.83. The van der Waals surface area contributed by atoms with Crippen molar-refractivity contribution in [2.75, 3.05) is 19.6 Å². The lowest BCUT2D eigenvalue weighted by Gasteiger charge is -2.30. The van der Waals surface area contributed by atoms with Crippen LogP contribution in [0.5, 0.6) is 0 Å². The fraction of sp³-hybridized carbons (Fsp3) is 0.571. The van der Waals surface area contributed by atoms with Crippen molar-refractivity contribution in [2.24, 2.45) is 4.99 Å². The number of hydrogen-bond donors (Lipinski definition) is 2. The number of aromatic nitrogens is 3. The standard InChI is InChI=1S/C21H35N7/c1-6-23-21(24-10-7-12-28(17(2)3)18(4)5)26-15-19-8-9-20(25-14-19)27-13-11-22-16-27/h8-9,11,13-14,16-18H,6-7,10,12,15H2,1-5H3,(H2,23,24,26). The van der Waals surface area contributed by atoms with Gasteiger partial charge in [-0.2, -0.15) is 0 Å². The van der Waals surface area contributed by atoms with E-state index in [4.69, 9.17) is 0 Å². The minimum absolute atomic E-state index is 0.569. The van der Waals surface area contributed by atoms with Gasteiger partial charge in [-0.05, 0) is 52.7 Å². The minimum atomic E-state index is 0.569. The highest BCUT2D eigenvalue weighted by atomic mass is 15.2. The van der Waals surface area contributed by atoms with Crippen molar-refractivity contribution in [3.8, 4) is 5.82 Å². The number of guanidine groups is 1. The van der Waals surface area contributed by atoms with Gasteiger partial charge in [0, 0.05) is 50.3 Å². The lowest BCUT2D eigenvalue weighted by molar-refractivity contribution is 0.173. The van der Waals surface area contributed by atoms with Crippen molar-refractivity contribution < 1.29 is 0 Å². The molecule has 2 aromatic rings. The third kappa shape index (κ3) is 6.96. The summed E-state index contributed by atoms with van der Waals surface area (Å²) in [7, 11) is 0. The lowest BCUT2D eigenvalue weighted by atomic mass is 10.2. The zero-order valence-electron chi connectivity index (χ0n) is 17.9. The van der Waals surface area contributed by atoms with Gasteiger partial charge >= 0.3 is 0 Å². The molecule has 0 aliphatic carbocycles. The van der Waals surface area contributed by atoms with Crippen LogP contribution in [0.1, 0.15) is 46.6 Å². The molecule has 7 nitrogen and oxygen atoms in total. The maximum absolute atomic E-state index is 4.68. The fourth-order valence-corrected chi connectivity index (χ4v) is 3.15. The first kappa shape index (κ1) is 21.9. The Kier molecular flexibility index (Phi) is 8.94. The first-order chi connectivity index (χ1) is 13.5. The van der Waals surface area contributed by atoms with Gasteiger partial charge in [0.25, 0.3) is 0 Å². The van der Waals surface area contributed by atoms with E-state index in [1.807, 2.05) is 23.0 Å². The third-order valence-corrected chi connectivity index (χ3v) is 4.55. The van der Waals surface area contributed by atoms with Crippen molar-refractivity contribution in [1.82, 2.24) is 30.1 Å². The van der Waals surface area contributed by atoms with Crippen molar-refractivity contribution in [3.63, 3.8) is 0 Å². The first-order valence-corrected chi connectivity index (χ1v) is 10.2.